The number of hydrogen-bond donors (Lipinski definition) is 2. The first kappa shape index (κ1) is 33.3. The van der Waals surface area contributed by atoms with Gasteiger partial charge < -0.3 is 10.1 Å². The molecular formula is C36H34ClF3N2O3S. The van der Waals surface area contributed by atoms with E-state index in [9.17, 15) is 21.6 Å². The Kier molecular flexibility index (Phi) is 10.3. The summed E-state index contributed by atoms with van der Waals surface area (Å²) in [6.07, 6.45) is -2.77. The van der Waals surface area contributed by atoms with Crippen LogP contribution in [-0.4, -0.2) is 34.4 Å². The van der Waals surface area contributed by atoms with Crippen LogP contribution >= 0.6 is 11.6 Å². The van der Waals surface area contributed by atoms with Gasteiger partial charge in [0.2, 0.25) is 10.0 Å². The molecule has 0 aliphatic carbocycles. The third-order valence-corrected chi connectivity index (χ3v) is 9.07. The lowest BCUT2D eigenvalue weighted by Crippen LogP contribution is -2.43. The lowest BCUT2D eigenvalue weighted by atomic mass is 9.69. The third-order valence-electron chi connectivity index (χ3n) is 7.85. The molecular weight excluding hydrogens is 633 g/mol. The van der Waals surface area contributed by atoms with Crippen molar-refractivity contribution in [1.82, 2.24) is 5.32 Å². The van der Waals surface area contributed by atoms with E-state index in [0.29, 0.717) is 43.1 Å². The zero-order valence-electron chi connectivity index (χ0n) is 25.1. The molecule has 0 spiro atoms. The van der Waals surface area contributed by atoms with E-state index in [0.717, 1.165) is 40.3 Å². The topological polar surface area (TPSA) is 67.4 Å². The summed E-state index contributed by atoms with van der Waals surface area (Å²) in [6.45, 7) is 1.26. The summed E-state index contributed by atoms with van der Waals surface area (Å²) in [4.78, 5) is 0. The quantitative estimate of drug-likeness (QED) is 0.0976. The monoisotopic (exact) mass is 666 g/mol. The number of benzene rings is 5. The molecule has 0 saturated heterocycles. The number of alkyl halides is 4. The van der Waals surface area contributed by atoms with Crippen LogP contribution in [0.5, 0.6) is 5.75 Å². The normalized spacial score (nSPS) is 13.0. The van der Waals surface area contributed by atoms with Crippen molar-refractivity contribution in [2.75, 3.05) is 30.7 Å². The maximum absolute atomic E-state index is 13.7. The number of rotatable bonds is 13. The van der Waals surface area contributed by atoms with Crippen LogP contribution in [0.15, 0.2) is 121 Å². The fourth-order valence-electron chi connectivity index (χ4n) is 5.74. The average Bonchev–Trinajstić information content (AvgIpc) is 3.04. The number of anilines is 1. The van der Waals surface area contributed by atoms with Crippen molar-refractivity contribution in [3.8, 4) is 5.75 Å². The van der Waals surface area contributed by atoms with Crippen molar-refractivity contribution < 1.29 is 26.3 Å². The zero-order chi connectivity index (χ0) is 32.8. The summed E-state index contributed by atoms with van der Waals surface area (Å²) in [6, 6.07) is 35.2. The van der Waals surface area contributed by atoms with Gasteiger partial charge in [-0.25, -0.2) is 8.42 Å². The van der Waals surface area contributed by atoms with Crippen LogP contribution in [0.3, 0.4) is 0 Å². The highest BCUT2D eigenvalue weighted by Crippen LogP contribution is 2.47. The minimum Gasteiger partial charge on any atom is -0.493 e. The fraction of sp³-hybridized carbons (Fsp3) is 0.222. The summed E-state index contributed by atoms with van der Waals surface area (Å²) in [5.41, 5.74) is 0.932. The van der Waals surface area contributed by atoms with Gasteiger partial charge in [0, 0.05) is 17.3 Å². The number of ether oxygens (including phenoxy) is 1. The SMILES string of the molecule is CS(=O)(=O)Nc1cccc2c(OCCCNCC(c3ccccc3)(c3ccccc3)C(Cl)c3cccc(C(F)(F)F)c3)cccc12. The van der Waals surface area contributed by atoms with Crippen molar-refractivity contribution in [2.24, 2.45) is 0 Å². The van der Waals surface area contributed by atoms with E-state index in [1.807, 2.05) is 84.9 Å². The van der Waals surface area contributed by atoms with Crippen molar-refractivity contribution >= 4 is 38.1 Å². The van der Waals surface area contributed by atoms with Gasteiger partial charge in [0.1, 0.15) is 5.75 Å². The van der Waals surface area contributed by atoms with Crippen LogP contribution < -0.4 is 14.8 Å². The Labute approximate surface area is 272 Å². The average molecular weight is 667 g/mol. The molecule has 0 heterocycles. The van der Waals surface area contributed by atoms with Crippen LogP contribution in [0.2, 0.25) is 0 Å². The molecule has 5 nitrogen and oxygen atoms in total. The molecule has 0 saturated carbocycles. The summed E-state index contributed by atoms with van der Waals surface area (Å²) < 4.78 is 73.4. The molecule has 5 aromatic carbocycles. The van der Waals surface area contributed by atoms with Gasteiger partial charge in [-0.3, -0.25) is 4.72 Å². The minimum absolute atomic E-state index is 0.347. The molecule has 2 N–H and O–H groups in total. The van der Waals surface area contributed by atoms with E-state index in [4.69, 9.17) is 16.3 Å². The highest BCUT2D eigenvalue weighted by Gasteiger charge is 2.42. The highest BCUT2D eigenvalue weighted by molar-refractivity contribution is 7.92. The standard InChI is InChI=1S/C36H34ClF3N2O3S/c1-46(43,44)42-32-20-9-19-31-30(32)18-10-21-33(31)45-23-11-22-41-25-35(27-13-4-2-5-14-27,28-15-6-3-7-16-28)34(37)26-12-8-17-29(24-26)36(38,39)40/h2-10,12-21,24,34,41-42H,11,22-23,25H2,1H3. The Morgan fingerprint density at radius 3 is 1.98 bits per heavy atom. The molecule has 5 aromatic rings. The molecule has 0 radical (unpaired) electrons. The van der Waals surface area contributed by atoms with E-state index >= 15 is 0 Å². The highest BCUT2D eigenvalue weighted by atomic mass is 35.5. The molecule has 0 aliphatic rings. The maximum Gasteiger partial charge on any atom is 0.416 e. The summed E-state index contributed by atoms with van der Waals surface area (Å²) in [5, 5.41) is 4.18. The lowest BCUT2D eigenvalue weighted by Gasteiger charge is -2.40. The third kappa shape index (κ3) is 7.66. The van der Waals surface area contributed by atoms with Gasteiger partial charge in [-0.15, -0.1) is 11.6 Å². The molecule has 0 aromatic heterocycles. The van der Waals surface area contributed by atoms with Crippen LogP contribution in [0.25, 0.3) is 10.8 Å². The molecule has 1 atom stereocenters. The molecule has 10 heteroatoms. The molecule has 0 amide bonds. The van der Waals surface area contributed by atoms with Gasteiger partial charge in [-0.1, -0.05) is 103 Å². The number of halogens is 4. The lowest BCUT2D eigenvalue weighted by molar-refractivity contribution is -0.137. The van der Waals surface area contributed by atoms with Gasteiger partial charge in [-0.05, 0) is 47.9 Å². The van der Waals surface area contributed by atoms with Gasteiger partial charge in [-0.2, -0.15) is 13.2 Å². The van der Waals surface area contributed by atoms with E-state index in [2.05, 4.69) is 10.0 Å². The summed E-state index contributed by atoms with van der Waals surface area (Å²) >= 11 is 7.27. The van der Waals surface area contributed by atoms with Crippen molar-refractivity contribution in [1.29, 1.82) is 0 Å². The van der Waals surface area contributed by atoms with Gasteiger partial charge in [0.15, 0.2) is 0 Å². The van der Waals surface area contributed by atoms with E-state index in [1.165, 1.54) is 6.07 Å². The van der Waals surface area contributed by atoms with Crippen LogP contribution in [-0.2, 0) is 21.6 Å². The number of nitrogens with one attached hydrogen (secondary N) is 2. The van der Waals surface area contributed by atoms with E-state index in [1.54, 1.807) is 18.2 Å². The number of fused-ring (bicyclic) bond motifs is 1. The Bertz CT molecular complexity index is 1830. The molecule has 5 rings (SSSR count). The maximum atomic E-state index is 13.7. The first-order chi connectivity index (χ1) is 22.0. The van der Waals surface area contributed by atoms with Crippen LogP contribution in [0, 0.1) is 0 Å². The fourth-order valence-corrected chi connectivity index (χ4v) is 6.78. The largest absolute Gasteiger partial charge is 0.493 e. The Morgan fingerprint density at radius 1 is 0.761 bits per heavy atom. The Hall–Kier alpha value is -4.05. The zero-order valence-corrected chi connectivity index (χ0v) is 26.7. The molecule has 240 valence electrons. The summed E-state index contributed by atoms with van der Waals surface area (Å²) in [5.74, 6) is 0.628. The van der Waals surface area contributed by atoms with Gasteiger partial charge >= 0.3 is 6.18 Å². The second kappa shape index (κ2) is 14.2. The Balaban J connectivity index is 1.36. The molecule has 0 fully saturated rings. The van der Waals surface area contributed by atoms with E-state index < -0.39 is 32.6 Å². The van der Waals surface area contributed by atoms with Crippen molar-refractivity contribution in [2.45, 2.75) is 23.4 Å². The van der Waals surface area contributed by atoms with Gasteiger partial charge in [0.05, 0.1) is 34.9 Å². The van der Waals surface area contributed by atoms with Crippen molar-refractivity contribution in [3.05, 3.63) is 144 Å². The smallest absolute Gasteiger partial charge is 0.416 e. The molecule has 46 heavy (non-hydrogen) atoms. The second-order valence-corrected chi connectivity index (χ2v) is 13.3. The first-order valence-corrected chi connectivity index (χ1v) is 17.1. The van der Waals surface area contributed by atoms with E-state index in [-0.39, 0.29) is 0 Å². The second-order valence-electron chi connectivity index (χ2n) is 11.1. The predicted molar refractivity (Wildman–Crippen MR) is 179 cm³/mol. The molecule has 0 bridgehead atoms. The van der Waals surface area contributed by atoms with Gasteiger partial charge in [0.25, 0.3) is 0 Å². The number of sulfonamides is 1. The summed E-state index contributed by atoms with van der Waals surface area (Å²) in [7, 11) is -3.45. The minimum atomic E-state index is -4.50. The Morgan fingerprint density at radius 2 is 1.35 bits per heavy atom. The molecule has 1 unspecified atom stereocenters. The predicted octanol–water partition coefficient (Wildman–Crippen LogP) is 8.56. The van der Waals surface area contributed by atoms with Crippen molar-refractivity contribution in [3.63, 3.8) is 0 Å². The number of hydrogen-bond acceptors (Lipinski definition) is 4. The first-order valence-electron chi connectivity index (χ1n) is 14.7. The molecule has 0 aliphatic heterocycles. The van der Waals surface area contributed by atoms with Crippen LogP contribution in [0.4, 0.5) is 18.9 Å². The van der Waals surface area contributed by atoms with Crippen LogP contribution in [0.1, 0.15) is 34.1 Å².